The molecule has 29 heavy (non-hydrogen) atoms. The molecule has 6 heteroatoms. The van der Waals surface area contributed by atoms with E-state index in [1.165, 1.54) is 0 Å². The fourth-order valence-electron chi connectivity index (χ4n) is 4.35. The van der Waals surface area contributed by atoms with Gasteiger partial charge in [0.05, 0.1) is 4.90 Å². The van der Waals surface area contributed by atoms with E-state index in [9.17, 15) is 18.0 Å². The quantitative estimate of drug-likeness (QED) is 0.735. The van der Waals surface area contributed by atoms with Gasteiger partial charge in [0.25, 0.3) is 0 Å². The molecule has 2 atom stereocenters. The third-order valence-electron chi connectivity index (χ3n) is 5.65. The van der Waals surface area contributed by atoms with Gasteiger partial charge in [0, 0.05) is 18.9 Å². The summed E-state index contributed by atoms with van der Waals surface area (Å²) in [6.07, 6.45) is 0.485. The molecule has 0 spiro atoms. The Hall–Kier alpha value is -2.31. The number of Topliss-reactive ketones (excluding diaryl/α,β-unsaturated/α-hetero) is 2. The third kappa shape index (κ3) is 4.33. The fraction of sp³-hybridized carbons (Fsp3) is 0.391. The average molecular weight is 414 g/mol. The molecular weight excluding hydrogens is 386 g/mol. The van der Waals surface area contributed by atoms with Crippen molar-refractivity contribution < 1.29 is 18.0 Å². The lowest BCUT2D eigenvalue weighted by Gasteiger charge is -2.16. The van der Waals surface area contributed by atoms with Crippen molar-refractivity contribution in [3.63, 3.8) is 0 Å². The number of carbonyl (C=O) groups excluding carboxylic acids is 2. The van der Waals surface area contributed by atoms with Crippen LogP contribution in [-0.4, -0.2) is 26.5 Å². The highest BCUT2D eigenvalue weighted by atomic mass is 32.2. The van der Waals surface area contributed by atoms with E-state index in [4.69, 9.17) is 0 Å². The number of hydrogen-bond donors (Lipinski definition) is 1. The fourth-order valence-corrected chi connectivity index (χ4v) is 5.64. The largest absolute Gasteiger partial charge is 0.298 e. The predicted octanol–water partition coefficient (Wildman–Crippen LogP) is 3.53. The van der Waals surface area contributed by atoms with Crippen LogP contribution in [0.1, 0.15) is 46.6 Å². The van der Waals surface area contributed by atoms with E-state index in [0.29, 0.717) is 12.0 Å². The Bertz CT molecular complexity index is 1050. The highest BCUT2D eigenvalue weighted by Gasteiger charge is 2.42. The Kier molecular flexibility index (Phi) is 6.05. The lowest BCUT2D eigenvalue weighted by atomic mass is 9.86. The van der Waals surface area contributed by atoms with Crippen LogP contribution in [0.5, 0.6) is 0 Å². The summed E-state index contributed by atoms with van der Waals surface area (Å²) in [5.74, 6) is -1.35. The van der Waals surface area contributed by atoms with Crippen molar-refractivity contribution in [2.45, 2.75) is 51.3 Å². The summed E-state index contributed by atoms with van der Waals surface area (Å²) in [7, 11) is -3.64. The van der Waals surface area contributed by atoms with Gasteiger partial charge in [0.15, 0.2) is 5.78 Å². The molecule has 2 aromatic rings. The summed E-state index contributed by atoms with van der Waals surface area (Å²) in [6.45, 7) is 7.72. The third-order valence-corrected chi connectivity index (χ3v) is 7.27. The van der Waals surface area contributed by atoms with Gasteiger partial charge in [-0.15, -0.1) is 0 Å². The number of nitrogens with one attached hydrogen (secondary N) is 1. The molecule has 1 saturated carbocycles. The SMILES string of the molecule is Cc1cc(C)c(C2C(=O)CC(CCNS(=O)(=O)c3ccccc3C)C2=O)c(C)c1. The highest BCUT2D eigenvalue weighted by molar-refractivity contribution is 7.89. The maximum atomic E-state index is 13.0. The number of sulfonamides is 1. The van der Waals surface area contributed by atoms with Gasteiger partial charge in [0.1, 0.15) is 11.7 Å². The summed E-state index contributed by atoms with van der Waals surface area (Å²) in [5.41, 5.74) is 4.49. The van der Waals surface area contributed by atoms with Crippen LogP contribution in [0.2, 0.25) is 0 Å². The lowest BCUT2D eigenvalue weighted by Crippen LogP contribution is -2.28. The van der Waals surface area contributed by atoms with Crippen LogP contribution in [0.3, 0.4) is 0 Å². The molecule has 2 aromatic carbocycles. The van der Waals surface area contributed by atoms with Crippen molar-refractivity contribution in [1.29, 1.82) is 0 Å². The van der Waals surface area contributed by atoms with Crippen molar-refractivity contribution >= 4 is 21.6 Å². The standard InChI is InChI=1S/C23H27NO4S/c1-14-11-16(3)21(17(4)12-14)22-19(25)13-18(23(22)26)9-10-24-29(27,28)20-8-6-5-7-15(20)2/h5-8,11-12,18,22,24H,9-10,13H2,1-4H3. The molecule has 1 aliphatic rings. The van der Waals surface area contributed by atoms with Crippen LogP contribution < -0.4 is 4.72 Å². The smallest absolute Gasteiger partial charge is 0.240 e. The normalized spacial score (nSPS) is 19.7. The number of rotatable bonds is 6. The number of hydrogen-bond acceptors (Lipinski definition) is 4. The first-order chi connectivity index (χ1) is 13.6. The molecule has 0 aromatic heterocycles. The molecule has 154 valence electrons. The molecule has 2 unspecified atom stereocenters. The van der Waals surface area contributed by atoms with Crippen LogP contribution in [0, 0.1) is 33.6 Å². The molecule has 0 radical (unpaired) electrons. The number of benzene rings is 2. The summed E-state index contributed by atoms with van der Waals surface area (Å²) >= 11 is 0. The maximum Gasteiger partial charge on any atom is 0.240 e. The second-order valence-corrected chi connectivity index (χ2v) is 9.70. The van der Waals surface area contributed by atoms with Gasteiger partial charge in [-0.1, -0.05) is 35.9 Å². The molecule has 0 saturated heterocycles. The minimum atomic E-state index is -3.64. The van der Waals surface area contributed by atoms with Gasteiger partial charge in [0.2, 0.25) is 10.0 Å². The molecule has 3 rings (SSSR count). The van der Waals surface area contributed by atoms with Crippen LogP contribution in [0.4, 0.5) is 0 Å². The number of ketones is 2. The molecule has 0 aliphatic heterocycles. The zero-order chi connectivity index (χ0) is 21.3. The predicted molar refractivity (Wildman–Crippen MR) is 112 cm³/mol. The molecule has 0 bridgehead atoms. The Balaban J connectivity index is 1.71. The van der Waals surface area contributed by atoms with Crippen molar-refractivity contribution in [1.82, 2.24) is 4.72 Å². The van der Waals surface area contributed by atoms with Gasteiger partial charge < -0.3 is 0 Å². The summed E-state index contributed by atoms with van der Waals surface area (Å²) in [6, 6.07) is 10.7. The topological polar surface area (TPSA) is 80.3 Å². The minimum absolute atomic E-state index is 0.0724. The Morgan fingerprint density at radius 2 is 1.59 bits per heavy atom. The number of aryl methyl sites for hydroxylation is 4. The first-order valence-corrected chi connectivity index (χ1v) is 11.3. The van der Waals surface area contributed by atoms with Gasteiger partial charge in [-0.3, -0.25) is 9.59 Å². The van der Waals surface area contributed by atoms with E-state index in [1.54, 1.807) is 31.2 Å². The van der Waals surface area contributed by atoms with Gasteiger partial charge in [-0.25, -0.2) is 13.1 Å². The first kappa shape index (κ1) is 21.4. The summed E-state index contributed by atoms with van der Waals surface area (Å²) in [4.78, 5) is 25.9. The number of carbonyl (C=O) groups is 2. The Morgan fingerprint density at radius 1 is 0.966 bits per heavy atom. The molecule has 1 aliphatic carbocycles. The Morgan fingerprint density at radius 3 is 2.21 bits per heavy atom. The van der Waals surface area contributed by atoms with Gasteiger partial charge >= 0.3 is 0 Å². The average Bonchev–Trinajstić information content (AvgIpc) is 2.89. The van der Waals surface area contributed by atoms with Crippen LogP contribution in [-0.2, 0) is 19.6 Å². The molecule has 0 heterocycles. The van der Waals surface area contributed by atoms with E-state index in [-0.39, 0.29) is 29.4 Å². The van der Waals surface area contributed by atoms with Crippen molar-refractivity contribution in [3.8, 4) is 0 Å². The van der Waals surface area contributed by atoms with E-state index in [2.05, 4.69) is 4.72 Å². The van der Waals surface area contributed by atoms with Crippen LogP contribution in [0.25, 0.3) is 0 Å². The van der Waals surface area contributed by atoms with E-state index in [0.717, 1.165) is 22.3 Å². The van der Waals surface area contributed by atoms with Crippen molar-refractivity contribution in [3.05, 3.63) is 64.2 Å². The highest BCUT2D eigenvalue weighted by Crippen LogP contribution is 2.37. The lowest BCUT2D eigenvalue weighted by molar-refractivity contribution is -0.124. The van der Waals surface area contributed by atoms with E-state index >= 15 is 0 Å². The Labute approximate surface area is 172 Å². The molecule has 5 nitrogen and oxygen atoms in total. The zero-order valence-electron chi connectivity index (χ0n) is 17.3. The zero-order valence-corrected chi connectivity index (χ0v) is 18.1. The summed E-state index contributed by atoms with van der Waals surface area (Å²) in [5, 5.41) is 0. The first-order valence-electron chi connectivity index (χ1n) is 9.81. The second-order valence-electron chi connectivity index (χ2n) is 7.97. The maximum absolute atomic E-state index is 13.0. The van der Waals surface area contributed by atoms with Crippen molar-refractivity contribution in [2.75, 3.05) is 6.54 Å². The van der Waals surface area contributed by atoms with Crippen molar-refractivity contribution in [2.24, 2.45) is 5.92 Å². The molecular formula is C23H27NO4S. The van der Waals surface area contributed by atoms with E-state index in [1.807, 2.05) is 32.9 Å². The van der Waals surface area contributed by atoms with Crippen LogP contribution >= 0.6 is 0 Å². The second kappa shape index (κ2) is 8.20. The van der Waals surface area contributed by atoms with Gasteiger partial charge in [-0.2, -0.15) is 0 Å². The molecule has 0 amide bonds. The summed E-state index contributed by atoms with van der Waals surface area (Å²) < 4.78 is 27.6. The van der Waals surface area contributed by atoms with Gasteiger partial charge in [-0.05, 0) is 62.4 Å². The minimum Gasteiger partial charge on any atom is -0.298 e. The molecule has 1 fully saturated rings. The van der Waals surface area contributed by atoms with Crippen LogP contribution in [0.15, 0.2) is 41.3 Å². The molecule has 1 N–H and O–H groups in total. The monoisotopic (exact) mass is 413 g/mol. The van der Waals surface area contributed by atoms with E-state index < -0.39 is 21.9 Å².